The van der Waals surface area contributed by atoms with Crippen molar-refractivity contribution >= 4 is 43.2 Å². The number of hydrogen-bond donors (Lipinski definition) is 0. The third-order valence-electron chi connectivity index (χ3n) is 5.05. The molecule has 170 valence electrons. The predicted octanol–water partition coefficient (Wildman–Crippen LogP) is 3.70. The van der Waals surface area contributed by atoms with E-state index in [2.05, 4.69) is 4.99 Å². The lowest BCUT2D eigenvalue weighted by atomic mass is 10.2. The van der Waals surface area contributed by atoms with Crippen molar-refractivity contribution in [3.63, 3.8) is 0 Å². The van der Waals surface area contributed by atoms with Gasteiger partial charge in [0.05, 0.1) is 20.0 Å². The summed E-state index contributed by atoms with van der Waals surface area (Å²) in [4.78, 5) is 27.8. The van der Waals surface area contributed by atoms with Gasteiger partial charge in [0.2, 0.25) is 10.0 Å². The molecule has 3 rings (SSSR count). The molecule has 0 saturated heterocycles. The monoisotopic (exact) mass is 476 g/mol. The van der Waals surface area contributed by atoms with Crippen LogP contribution in [0.25, 0.3) is 10.2 Å². The van der Waals surface area contributed by atoms with Crippen LogP contribution in [-0.2, 0) is 17.1 Å². The lowest BCUT2D eigenvalue weighted by Gasteiger charge is -2.20. The van der Waals surface area contributed by atoms with Crippen molar-refractivity contribution in [2.75, 3.05) is 13.1 Å². The van der Waals surface area contributed by atoms with Crippen molar-refractivity contribution in [3.8, 4) is 0 Å². The fourth-order valence-electron chi connectivity index (χ4n) is 3.20. The van der Waals surface area contributed by atoms with E-state index in [-0.39, 0.29) is 16.1 Å². The topological polar surface area (TPSA) is 115 Å². The Balaban J connectivity index is 1.90. The minimum atomic E-state index is -3.63. The molecule has 1 aromatic heterocycles. The second-order valence-electron chi connectivity index (χ2n) is 7.14. The largest absolute Gasteiger partial charge is 0.319 e. The molecule has 0 aliphatic carbocycles. The summed E-state index contributed by atoms with van der Waals surface area (Å²) in [6.07, 6.45) is 1.67. The number of hydrogen-bond acceptors (Lipinski definition) is 6. The maximum Gasteiger partial charge on any atom is 0.279 e. The summed E-state index contributed by atoms with van der Waals surface area (Å²) in [6, 6.07) is 10.2. The second kappa shape index (κ2) is 9.72. The minimum absolute atomic E-state index is 0.0333. The molecule has 0 radical (unpaired) electrons. The van der Waals surface area contributed by atoms with Crippen molar-refractivity contribution < 1.29 is 18.1 Å². The van der Waals surface area contributed by atoms with Gasteiger partial charge in [-0.15, -0.1) is 0 Å². The van der Waals surface area contributed by atoms with Crippen LogP contribution in [-0.4, -0.2) is 41.2 Å². The molecule has 0 fully saturated rings. The van der Waals surface area contributed by atoms with Gasteiger partial charge in [0.1, 0.15) is 0 Å². The minimum Gasteiger partial charge on any atom is -0.319 e. The first-order valence-corrected chi connectivity index (χ1v) is 12.4. The fraction of sp³-hybridized carbons (Fsp3) is 0.333. The van der Waals surface area contributed by atoms with Crippen molar-refractivity contribution in [1.29, 1.82) is 0 Å². The van der Waals surface area contributed by atoms with E-state index in [4.69, 9.17) is 0 Å². The second-order valence-corrected chi connectivity index (χ2v) is 10.1. The predicted molar refractivity (Wildman–Crippen MR) is 123 cm³/mol. The Kier molecular flexibility index (Phi) is 7.22. The quantitative estimate of drug-likeness (QED) is 0.363. The number of fused-ring (bicyclic) bond motifs is 1. The molecule has 0 bridgehead atoms. The molecule has 32 heavy (non-hydrogen) atoms. The molecule has 3 aromatic rings. The van der Waals surface area contributed by atoms with Gasteiger partial charge in [0.25, 0.3) is 11.6 Å². The highest BCUT2D eigenvalue weighted by atomic mass is 32.2. The molecule has 0 spiro atoms. The summed E-state index contributed by atoms with van der Waals surface area (Å²) >= 11 is 1.17. The van der Waals surface area contributed by atoms with Gasteiger partial charge in [-0.25, -0.2) is 8.42 Å². The van der Waals surface area contributed by atoms with Gasteiger partial charge in [-0.3, -0.25) is 14.9 Å². The molecule has 2 aromatic carbocycles. The number of nitro groups is 1. The van der Waals surface area contributed by atoms with Gasteiger partial charge in [0, 0.05) is 37.8 Å². The van der Waals surface area contributed by atoms with Crippen molar-refractivity contribution in [2.45, 2.75) is 31.6 Å². The van der Waals surface area contributed by atoms with Crippen LogP contribution in [0.3, 0.4) is 0 Å². The van der Waals surface area contributed by atoms with E-state index in [1.807, 2.05) is 6.92 Å². The number of aromatic nitrogens is 1. The maximum absolute atomic E-state index is 12.8. The average Bonchev–Trinajstić information content (AvgIpc) is 3.08. The molecular weight excluding hydrogens is 452 g/mol. The van der Waals surface area contributed by atoms with Crippen LogP contribution < -0.4 is 4.80 Å². The van der Waals surface area contributed by atoms with Gasteiger partial charge in [0.15, 0.2) is 4.80 Å². The van der Waals surface area contributed by atoms with Crippen LogP contribution in [0.2, 0.25) is 0 Å². The Hall–Kier alpha value is -2.89. The first-order valence-electron chi connectivity index (χ1n) is 10.1. The van der Waals surface area contributed by atoms with Gasteiger partial charge < -0.3 is 4.57 Å². The lowest BCUT2D eigenvalue weighted by molar-refractivity contribution is -0.384. The number of non-ortho nitro benzene ring substituents is 1. The Morgan fingerprint density at radius 1 is 1.19 bits per heavy atom. The summed E-state index contributed by atoms with van der Waals surface area (Å²) in [5, 5.41) is 11.0. The number of thiazole rings is 1. The Labute approximate surface area is 189 Å². The zero-order valence-electron chi connectivity index (χ0n) is 18.0. The molecule has 9 nitrogen and oxygen atoms in total. The summed E-state index contributed by atoms with van der Waals surface area (Å²) < 4.78 is 29.4. The van der Waals surface area contributed by atoms with Crippen LogP contribution in [0, 0.1) is 10.1 Å². The van der Waals surface area contributed by atoms with Crippen molar-refractivity contribution in [3.05, 3.63) is 62.9 Å². The number of nitrogens with zero attached hydrogens (tertiary/aromatic N) is 4. The van der Waals surface area contributed by atoms with E-state index in [0.29, 0.717) is 22.6 Å². The molecule has 0 N–H and O–H groups in total. The van der Waals surface area contributed by atoms with E-state index < -0.39 is 20.9 Å². The zero-order chi connectivity index (χ0) is 23.5. The Morgan fingerprint density at radius 2 is 1.88 bits per heavy atom. The normalized spacial score (nSPS) is 12.6. The Morgan fingerprint density at radius 3 is 2.47 bits per heavy atom. The van der Waals surface area contributed by atoms with E-state index >= 15 is 0 Å². The van der Waals surface area contributed by atoms with Crippen molar-refractivity contribution in [2.24, 2.45) is 12.0 Å². The molecule has 11 heteroatoms. The number of sulfonamides is 1. The number of carbonyl (C=O) groups is 1. The van der Waals surface area contributed by atoms with Crippen LogP contribution in [0.15, 0.2) is 52.4 Å². The number of unbranched alkanes of at least 4 members (excludes halogenated alkanes) is 1. The Bertz CT molecular complexity index is 1320. The molecule has 0 atom stereocenters. The molecule has 0 aliphatic rings. The number of nitro benzene ring substituents is 1. The molecular formula is C21H24N4O5S2. The van der Waals surface area contributed by atoms with Gasteiger partial charge in [-0.05, 0) is 36.8 Å². The highest BCUT2D eigenvalue weighted by molar-refractivity contribution is 7.89. The average molecular weight is 477 g/mol. The van der Waals surface area contributed by atoms with E-state index in [1.54, 1.807) is 24.6 Å². The van der Waals surface area contributed by atoms with Crippen molar-refractivity contribution in [1.82, 2.24) is 8.87 Å². The number of aryl methyl sites for hydroxylation is 1. The molecule has 1 amide bonds. The van der Waals surface area contributed by atoms with E-state index in [0.717, 1.165) is 18.4 Å². The highest BCUT2D eigenvalue weighted by Gasteiger charge is 2.22. The standard InChI is InChI=1S/C21H24N4O5S2/c1-4-6-13-24(5-2)32(29,30)17-10-7-15(8-11-17)20(26)22-21-23(3)18-12-9-16(25(27)28)14-19(18)31-21/h7-12,14H,4-6,13H2,1-3H3. The fourth-order valence-corrected chi connectivity index (χ4v) is 5.73. The SMILES string of the molecule is CCCCN(CC)S(=O)(=O)c1ccc(C(=O)N=c2sc3cc([N+](=O)[O-])ccc3n2C)cc1. The van der Waals surface area contributed by atoms with Crippen LogP contribution in [0.4, 0.5) is 5.69 Å². The maximum atomic E-state index is 12.8. The number of rotatable bonds is 8. The van der Waals surface area contributed by atoms with E-state index in [1.165, 1.54) is 52.0 Å². The smallest absolute Gasteiger partial charge is 0.279 e. The molecule has 0 unspecified atom stereocenters. The molecule has 0 saturated carbocycles. The third kappa shape index (κ3) is 4.79. The number of carbonyl (C=O) groups excluding carboxylic acids is 1. The van der Waals surface area contributed by atoms with Gasteiger partial charge in [-0.1, -0.05) is 31.6 Å². The zero-order valence-corrected chi connectivity index (χ0v) is 19.6. The summed E-state index contributed by atoms with van der Waals surface area (Å²) in [5.41, 5.74) is 0.943. The van der Waals surface area contributed by atoms with Gasteiger partial charge >= 0.3 is 0 Å². The first-order chi connectivity index (χ1) is 15.2. The van der Waals surface area contributed by atoms with Crippen LogP contribution in [0.1, 0.15) is 37.0 Å². The third-order valence-corrected chi connectivity index (χ3v) is 8.14. The molecule has 0 aliphatic heterocycles. The number of benzene rings is 2. The van der Waals surface area contributed by atoms with Gasteiger partial charge in [-0.2, -0.15) is 9.30 Å². The highest BCUT2D eigenvalue weighted by Crippen LogP contribution is 2.23. The summed E-state index contributed by atoms with van der Waals surface area (Å²) in [5.74, 6) is -0.524. The first kappa shape index (κ1) is 23.8. The molecule has 1 heterocycles. The number of amides is 1. The van der Waals surface area contributed by atoms with Crippen LogP contribution >= 0.6 is 11.3 Å². The summed E-state index contributed by atoms with van der Waals surface area (Å²) in [7, 11) is -1.90. The van der Waals surface area contributed by atoms with E-state index in [9.17, 15) is 23.3 Å². The van der Waals surface area contributed by atoms with Crippen LogP contribution in [0.5, 0.6) is 0 Å². The summed E-state index contributed by atoms with van der Waals surface area (Å²) in [6.45, 7) is 4.62. The lowest BCUT2D eigenvalue weighted by Crippen LogP contribution is -2.31.